The van der Waals surface area contributed by atoms with Crippen molar-refractivity contribution in [2.24, 2.45) is 5.92 Å². The van der Waals surface area contributed by atoms with E-state index in [0.29, 0.717) is 6.61 Å². The van der Waals surface area contributed by atoms with Crippen molar-refractivity contribution < 1.29 is 14.4 Å². The maximum Gasteiger partial charge on any atom is 0.262 e. The number of hydrogen-bond acceptors (Lipinski definition) is 3. The van der Waals surface area contributed by atoms with Crippen molar-refractivity contribution in [3.05, 3.63) is 35.9 Å². The minimum absolute atomic E-state index is 0.0271. The molecule has 1 aliphatic carbocycles. The highest BCUT2D eigenvalue weighted by Crippen LogP contribution is 2.24. The second-order valence-corrected chi connectivity index (χ2v) is 5.00. The second-order valence-electron chi connectivity index (χ2n) is 5.00. The molecule has 0 aliphatic heterocycles. The van der Waals surface area contributed by atoms with E-state index in [9.17, 15) is 9.59 Å². The zero-order valence-corrected chi connectivity index (χ0v) is 11.4. The molecule has 0 radical (unpaired) electrons. The Morgan fingerprint density at radius 2 is 1.85 bits per heavy atom. The Hall–Kier alpha value is -1.88. The predicted molar refractivity (Wildman–Crippen MR) is 74.3 cm³/mol. The number of amides is 2. The van der Waals surface area contributed by atoms with Gasteiger partial charge in [0.15, 0.2) is 0 Å². The number of hydroxylamine groups is 1. The Morgan fingerprint density at radius 3 is 2.55 bits per heavy atom. The van der Waals surface area contributed by atoms with Crippen LogP contribution in [-0.2, 0) is 21.0 Å². The molecule has 0 bridgehead atoms. The fourth-order valence-electron chi connectivity index (χ4n) is 2.31. The lowest BCUT2D eigenvalue weighted by Gasteiger charge is -2.10. The van der Waals surface area contributed by atoms with Crippen molar-refractivity contribution in [1.29, 1.82) is 0 Å². The molecule has 1 fully saturated rings. The molecule has 20 heavy (non-hydrogen) atoms. The number of rotatable bonds is 6. The minimum atomic E-state index is -0.340. The van der Waals surface area contributed by atoms with Crippen molar-refractivity contribution in [1.82, 2.24) is 10.8 Å². The summed E-state index contributed by atoms with van der Waals surface area (Å²) in [6, 6.07) is 9.55. The Labute approximate surface area is 118 Å². The van der Waals surface area contributed by atoms with Gasteiger partial charge in [-0.15, -0.1) is 0 Å². The Kier molecular flexibility index (Phi) is 5.55. The van der Waals surface area contributed by atoms with Gasteiger partial charge in [0.2, 0.25) is 5.91 Å². The Balaban J connectivity index is 1.59. The van der Waals surface area contributed by atoms with E-state index < -0.39 is 0 Å². The normalized spacial score (nSPS) is 15.0. The molecule has 0 spiro atoms. The van der Waals surface area contributed by atoms with Crippen molar-refractivity contribution in [2.45, 2.75) is 32.3 Å². The molecule has 1 aromatic carbocycles. The second kappa shape index (κ2) is 7.65. The molecule has 1 saturated carbocycles. The summed E-state index contributed by atoms with van der Waals surface area (Å²) in [6.45, 7) is 0.271. The molecule has 0 heterocycles. The Bertz CT molecular complexity index is 442. The molecule has 5 nitrogen and oxygen atoms in total. The first-order valence-electron chi connectivity index (χ1n) is 6.98. The molecule has 5 heteroatoms. The van der Waals surface area contributed by atoms with Gasteiger partial charge in [-0.2, -0.15) is 0 Å². The van der Waals surface area contributed by atoms with Gasteiger partial charge in [-0.3, -0.25) is 14.4 Å². The van der Waals surface area contributed by atoms with Gasteiger partial charge in [0.1, 0.15) is 0 Å². The van der Waals surface area contributed by atoms with Gasteiger partial charge >= 0.3 is 0 Å². The summed E-state index contributed by atoms with van der Waals surface area (Å²) < 4.78 is 0. The smallest absolute Gasteiger partial charge is 0.262 e. The molecule has 0 aromatic heterocycles. The Morgan fingerprint density at radius 1 is 1.15 bits per heavy atom. The monoisotopic (exact) mass is 276 g/mol. The van der Waals surface area contributed by atoms with Crippen LogP contribution in [0.4, 0.5) is 0 Å². The fraction of sp³-hybridized carbons (Fsp3) is 0.467. The van der Waals surface area contributed by atoms with Gasteiger partial charge in [0, 0.05) is 5.92 Å². The van der Waals surface area contributed by atoms with E-state index in [1.807, 2.05) is 30.3 Å². The van der Waals surface area contributed by atoms with Crippen LogP contribution in [0.3, 0.4) is 0 Å². The molecule has 108 valence electrons. The highest BCUT2D eigenvalue weighted by atomic mass is 16.6. The zero-order valence-electron chi connectivity index (χ0n) is 11.4. The quantitative estimate of drug-likeness (QED) is 0.774. The van der Waals surface area contributed by atoms with Crippen molar-refractivity contribution in [3.8, 4) is 0 Å². The predicted octanol–water partition coefficient (Wildman–Crippen LogP) is 1.54. The number of carbonyl (C=O) groups excluding carboxylic acids is 2. The van der Waals surface area contributed by atoms with Crippen LogP contribution in [0.25, 0.3) is 0 Å². The molecule has 0 atom stereocenters. The third-order valence-electron chi connectivity index (χ3n) is 3.42. The van der Waals surface area contributed by atoms with Crippen LogP contribution in [0.2, 0.25) is 0 Å². The SMILES string of the molecule is O=C(CNC(=O)C1CCCC1)NOCc1ccccc1. The standard InChI is InChI=1S/C15H20N2O3/c18-14(10-16-15(19)13-8-4-5-9-13)17-20-11-12-6-2-1-3-7-12/h1-3,6-7,13H,4-5,8-11H2,(H,16,19)(H,17,18). The summed E-state index contributed by atoms with van der Waals surface area (Å²) in [5, 5.41) is 2.64. The zero-order chi connectivity index (χ0) is 14.2. The van der Waals surface area contributed by atoms with Crippen LogP contribution in [-0.4, -0.2) is 18.4 Å². The van der Waals surface area contributed by atoms with E-state index in [4.69, 9.17) is 4.84 Å². The molecule has 2 amide bonds. The largest absolute Gasteiger partial charge is 0.347 e. The highest BCUT2D eigenvalue weighted by Gasteiger charge is 2.22. The van der Waals surface area contributed by atoms with Crippen LogP contribution >= 0.6 is 0 Å². The van der Waals surface area contributed by atoms with Crippen LogP contribution in [0.5, 0.6) is 0 Å². The summed E-state index contributed by atoms with van der Waals surface area (Å²) in [5.74, 6) is -0.291. The van der Waals surface area contributed by atoms with Gasteiger partial charge in [-0.25, -0.2) is 5.48 Å². The molecule has 2 N–H and O–H groups in total. The molecular weight excluding hydrogens is 256 g/mol. The number of benzene rings is 1. The number of hydrogen-bond donors (Lipinski definition) is 2. The summed E-state index contributed by atoms with van der Waals surface area (Å²) in [7, 11) is 0. The van der Waals surface area contributed by atoms with E-state index >= 15 is 0 Å². The minimum Gasteiger partial charge on any atom is -0.347 e. The van der Waals surface area contributed by atoms with Gasteiger partial charge < -0.3 is 5.32 Å². The van der Waals surface area contributed by atoms with E-state index in [-0.39, 0.29) is 24.3 Å². The maximum atomic E-state index is 11.7. The van der Waals surface area contributed by atoms with Gasteiger partial charge in [0.25, 0.3) is 5.91 Å². The van der Waals surface area contributed by atoms with Crippen molar-refractivity contribution in [2.75, 3.05) is 6.54 Å². The molecule has 1 aliphatic rings. The molecule has 0 saturated heterocycles. The highest BCUT2D eigenvalue weighted by molar-refractivity contribution is 5.85. The van der Waals surface area contributed by atoms with Crippen molar-refractivity contribution in [3.63, 3.8) is 0 Å². The van der Waals surface area contributed by atoms with Gasteiger partial charge in [-0.05, 0) is 18.4 Å². The summed E-state index contributed by atoms with van der Waals surface area (Å²) in [5.41, 5.74) is 3.30. The average molecular weight is 276 g/mol. The first kappa shape index (κ1) is 14.5. The van der Waals surface area contributed by atoms with Crippen LogP contribution in [0.1, 0.15) is 31.2 Å². The van der Waals surface area contributed by atoms with Crippen LogP contribution in [0.15, 0.2) is 30.3 Å². The van der Waals surface area contributed by atoms with E-state index in [2.05, 4.69) is 10.8 Å². The van der Waals surface area contributed by atoms with Crippen LogP contribution < -0.4 is 10.8 Å². The molecular formula is C15H20N2O3. The fourth-order valence-corrected chi connectivity index (χ4v) is 2.31. The lowest BCUT2D eigenvalue weighted by atomic mass is 10.1. The maximum absolute atomic E-state index is 11.7. The third kappa shape index (κ3) is 4.66. The van der Waals surface area contributed by atoms with Gasteiger partial charge in [-0.1, -0.05) is 43.2 Å². The number of nitrogens with one attached hydrogen (secondary N) is 2. The van der Waals surface area contributed by atoms with E-state index in [1.54, 1.807) is 0 Å². The lowest BCUT2D eigenvalue weighted by molar-refractivity contribution is -0.136. The first-order chi connectivity index (χ1) is 9.75. The third-order valence-corrected chi connectivity index (χ3v) is 3.42. The molecule has 2 rings (SSSR count). The van der Waals surface area contributed by atoms with E-state index in [1.165, 1.54) is 0 Å². The molecule has 0 unspecified atom stereocenters. The molecule has 1 aromatic rings. The average Bonchev–Trinajstić information content (AvgIpc) is 3.00. The lowest BCUT2D eigenvalue weighted by Crippen LogP contribution is -2.39. The summed E-state index contributed by atoms with van der Waals surface area (Å²) in [4.78, 5) is 28.3. The van der Waals surface area contributed by atoms with Crippen molar-refractivity contribution >= 4 is 11.8 Å². The van der Waals surface area contributed by atoms with Crippen LogP contribution in [0, 0.1) is 5.92 Å². The topological polar surface area (TPSA) is 67.4 Å². The first-order valence-corrected chi connectivity index (χ1v) is 6.98. The summed E-state index contributed by atoms with van der Waals surface area (Å²) >= 11 is 0. The van der Waals surface area contributed by atoms with Gasteiger partial charge in [0.05, 0.1) is 13.2 Å². The van der Waals surface area contributed by atoms with E-state index in [0.717, 1.165) is 31.2 Å². The summed E-state index contributed by atoms with van der Waals surface area (Å²) in [6.07, 6.45) is 4.06. The number of carbonyl (C=O) groups is 2.